The van der Waals surface area contributed by atoms with Crippen LogP contribution >= 0.6 is 11.6 Å². The molecular formula is C23H23ClN2O3. The van der Waals surface area contributed by atoms with E-state index >= 15 is 0 Å². The number of hydrogen-bond acceptors (Lipinski definition) is 5. The number of fused-ring (bicyclic) bond motifs is 2. The molecule has 0 spiro atoms. The van der Waals surface area contributed by atoms with Crippen LogP contribution in [0.5, 0.6) is 11.5 Å². The molecule has 0 aliphatic carbocycles. The Hall–Kier alpha value is -2.34. The second kappa shape index (κ2) is 7.17. The molecule has 0 radical (unpaired) electrons. The predicted octanol–water partition coefficient (Wildman–Crippen LogP) is 4.63. The number of aromatic nitrogens is 1. The normalized spacial score (nSPS) is 21.6. The molecule has 150 valence electrons. The maximum Gasteiger partial charge on any atom is 0.231 e. The number of piperidine rings is 1. The Balaban J connectivity index is 1.60. The summed E-state index contributed by atoms with van der Waals surface area (Å²) in [6, 6.07) is 13.9. The molecule has 29 heavy (non-hydrogen) atoms. The average molecular weight is 411 g/mol. The third-order valence-electron chi connectivity index (χ3n) is 5.65. The van der Waals surface area contributed by atoms with Gasteiger partial charge < -0.3 is 14.6 Å². The number of likely N-dealkylation sites (tertiary alicyclic amines) is 1. The minimum absolute atomic E-state index is 0.241. The quantitative estimate of drug-likeness (QED) is 0.682. The lowest BCUT2D eigenvalue weighted by molar-refractivity contribution is -0.0181. The van der Waals surface area contributed by atoms with Gasteiger partial charge in [0.15, 0.2) is 11.5 Å². The summed E-state index contributed by atoms with van der Waals surface area (Å²) in [5.74, 6) is 1.48. The van der Waals surface area contributed by atoms with Gasteiger partial charge in [-0.3, -0.25) is 4.90 Å². The molecule has 0 amide bonds. The fraction of sp³-hybridized carbons (Fsp3) is 0.348. The second-order valence-electron chi connectivity index (χ2n) is 8.21. The molecule has 5 rings (SSSR count). The van der Waals surface area contributed by atoms with Crippen molar-refractivity contribution >= 4 is 22.5 Å². The number of nitrogens with zero attached hydrogens (tertiary/aromatic N) is 2. The first-order valence-corrected chi connectivity index (χ1v) is 10.3. The Morgan fingerprint density at radius 2 is 1.90 bits per heavy atom. The third kappa shape index (κ3) is 3.78. The average Bonchev–Trinajstić information content (AvgIpc) is 3.13. The van der Waals surface area contributed by atoms with E-state index in [1.54, 1.807) is 0 Å². The first kappa shape index (κ1) is 18.7. The van der Waals surface area contributed by atoms with Crippen molar-refractivity contribution in [1.29, 1.82) is 0 Å². The Kier molecular flexibility index (Phi) is 4.62. The van der Waals surface area contributed by atoms with Gasteiger partial charge in [0, 0.05) is 35.1 Å². The lowest BCUT2D eigenvalue weighted by Crippen LogP contribution is -2.45. The molecule has 3 heterocycles. The van der Waals surface area contributed by atoms with E-state index in [0.29, 0.717) is 11.6 Å². The highest BCUT2D eigenvalue weighted by Gasteiger charge is 2.29. The van der Waals surface area contributed by atoms with Crippen molar-refractivity contribution in [2.75, 3.05) is 19.9 Å². The van der Waals surface area contributed by atoms with Crippen LogP contribution in [0, 0.1) is 0 Å². The molecule has 1 atom stereocenters. The van der Waals surface area contributed by atoms with Crippen LogP contribution in [0.3, 0.4) is 0 Å². The standard InChI is InChI=1S/C23H23ClN2O3/c1-23(27)7-2-8-26(13-23)12-17-9-16-10-20-21(29-14-28-20)11-19(16)25-22(17)15-3-5-18(24)6-4-15/h3-6,9-11,27H,2,7-8,12-14H2,1H3. The predicted molar refractivity (Wildman–Crippen MR) is 113 cm³/mol. The van der Waals surface area contributed by atoms with Gasteiger partial charge >= 0.3 is 0 Å². The van der Waals surface area contributed by atoms with Crippen LogP contribution < -0.4 is 9.47 Å². The molecule has 0 bridgehead atoms. The van der Waals surface area contributed by atoms with E-state index in [1.165, 1.54) is 0 Å². The summed E-state index contributed by atoms with van der Waals surface area (Å²) in [6.07, 6.45) is 1.83. The number of pyridine rings is 1. The SMILES string of the molecule is CC1(O)CCCN(Cc2cc3cc4c(cc3nc2-c2ccc(Cl)cc2)OCO4)C1. The number of rotatable bonds is 3. The van der Waals surface area contributed by atoms with E-state index in [4.69, 9.17) is 26.1 Å². The summed E-state index contributed by atoms with van der Waals surface area (Å²) in [5, 5.41) is 12.2. The number of benzene rings is 2. The van der Waals surface area contributed by atoms with Crippen LogP contribution in [0.25, 0.3) is 22.2 Å². The van der Waals surface area contributed by atoms with E-state index < -0.39 is 5.60 Å². The van der Waals surface area contributed by atoms with Crippen molar-refractivity contribution in [3.8, 4) is 22.8 Å². The van der Waals surface area contributed by atoms with Crippen molar-refractivity contribution in [3.63, 3.8) is 0 Å². The maximum absolute atomic E-state index is 10.5. The van der Waals surface area contributed by atoms with Gasteiger partial charge in [0.05, 0.1) is 16.8 Å². The van der Waals surface area contributed by atoms with Crippen molar-refractivity contribution < 1.29 is 14.6 Å². The van der Waals surface area contributed by atoms with Gasteiger partial charge in [0.1, 0.15) is 0 Å². The zero-order valence-corrected chi connectivity index (χ0v) is 17.1. The van der Waals surface area contributed by atoms with E-state index in [9.17, 15) is 5.11 Å². The van der Waals surface area contributed by atoms with Crippen LogP contribution in [0.1, 0.15) is 25.3 Å². The highest BCUT2D eigenvalue weighted by molar-refractivity contribution is 6.30. The van der Waals surface area contributed by atoms with Crippen molar-refractivity contribution in [1.82, 2.24) is 9.88 Å². The number of aliphatic hydroxyl groups is 1. The molecule has 1 N–H and O–H groups in total. The summed E-state index contributed by atoms with van der Waals surface area (Å²) in [7, 11) is 0. The first-order chi connectivity index (χ1) is 14.0. The van der Waals surface area contributed by atoms with Gasteiger partial charge in [-0.2, -0.15) is 0 Å². The Morgan fingerprint density at radius 1 is 1.14 bits per heavy atom. The summed E-state index contributed by atoms with van der Waals surface area (Å²) < 4.78 is 11.1. The van der Waals surface area contributed by atoms with Crippen LogP contribution in [0.2, 0.25) is 5.02 Å². The molecule has 2 aliphatic heterocycles. The molecule has 2 aliphatic rings. The maximum atomic E-state index is 10.5. The molecule has 1 fully saturated rings. The van der Waals surface area contributed by atoms with E-state index in [-0.39, 0.29) is 6.79 Å². The van der Waals surface area contributed by atoms with Gasteiger partial charge in [-0.1, -0.05) is 23.7 Å². The highest BCUT2D eigenvalue weighted by atomic mass is 35.5. The largest absolute Gasteiger partial charge is 0.454 e. The zero-order valence-electron chi connectivity index (χ0n) is 16.3. The minimum atomic E-state index is -0.644. The van der Waals surface area contributed by atoms with Crippen molar-refractivity contribution in [3.05, 3.63) is 53.1 Å². The third-order valence-corrected chi connectivity index (χ3v) is 5.91. The number of halogens is 1. The summed E-state index contributed by atoms with van der Waals surface area (Å²) in [4.78, 5) is 7.29. The highest BCUT2D eigenvalue weighted by Crippen LogP contribution is 2.37. The van der Waals surface area contributed by atoms with Gasteiger partial charge in [0.25, 0.3) is 0 Å². The minimum Gasteiger partial charge on any atom is -0.454 e. The molecule has 3 aromatic rings. The van der Waals surface area contributed by atoms with Crippen LogP contribution in [0.4, 0.5) is 0 Å². The number of β-amino-alcohol motifs (C(OH)–C–C–N with tert-alkyl or cyclic N) is 1. The molecule has 1 unspecified atom stereocenters. The summed E-state index contributed by atoms with van der Waals surface area (Å²) in [6.45, 7) is 4.51. The van der Waals surface area contributed by atoms with Gasteiger partial charge in [-0.25, -0.2) is 4.98 Å². The van der Waals surface area contributed by atoms with Crippen molar-refractivity contribution in [2.24, 2.45) is 0 Å². The second-order valence-corrected chi connectivity index (χ2v) is 8.65. The van der Waals surface area contributed by atoms with E-state index in [2.05, 4.69) is 11.0 Å². The van der Waals surface area contributed by atoms with E-state index in [0.717, 1.165) is 65.2 Å². The van der Waals surface area contributed by atoms with Crippen LogP contribution in [-0.4, -0.2) is 40.5 Å². The summed E-state index contributed by atoms with van der Waals surface area (Å²) in [5.41, 5.74) is 3.30. The van der Waals surface area contributed by atoms with Crippen LogP contribution in [0.15, 0.2) is 42.5 Å². The molecule has 0 saturated carbocycles. The summed E-state index contributed by atoms with van der Waals surface area (Å²) >= 11 is 6.10. The fourth-order valence-corrected chi connectivity index (χ4v) is 4.41. The molecular weight excluding hydrogens is 388 g/mol. The lowest BCUT2D eigenvalue weighted by atomic mass is 9.94. The van der Waals surface area contributed by atoms with Gasteiger partial charge in [-0.05, 0) is 56.1 Å². The van der Waals surface area contributed by atoms with Crippen LogP contribution in [-0.2, 0) is 6.54 Å². The molecule has 6 heteroatoms. The number of hydrogen-bond donors (Lipinski definition) is 1. The fourth-order valence-electron chi connectivity index (χ4n) is 4.29. The molecule has 1 saturated heterocycles. The van der Waals surface area contributed by atoms with Crippen molar-refractivity contribution in [2.45, 2.75) is 31.9 Å². The Morgan fingerprint density at radius 3 is 2.66 bits per heavy atom. The lowest BCUT2D eigenvalue weighted by Gasteiger charge is -2.37. The molecule has 2 aromatic carbocycles. The topological polar surface area (TPSA) is 54.8 Å². The Labute approximate surface area is 174 Å². The zero-order chi connectivity index (χ0) is 20.0. The van der Waals surface area contributed by atoms with Gasteiger partial charge in [-0.15, -0.1) is 0 Å². The van der Waals surface area contributed by atoms with E-state index in [1.807, 2.05) is 43.3 Å². The molecule has 1 aromatic heterocycles. The number of ether oxygens (including phenoxy) is 2. The Bertz CT molecular complexity index is 1070. The monoisotopic (exact) mass is 410 g/mol. The molecule has 5 nitrogen and oxygen atoms in total. The smallest absolute Gasteiger partial charge is 0.231 e. The first-order valence-electron chi connectivity index (χ1n) is 9.91. The van der Waals surface area contributed by atoms with Gasteiger partial charge in [0.2, 0.25) is 6.79 Å².